The molecular formula is C13H20ClN3OS. The van der Waals surface area contributed by atoms with Gasteiger partial charge < -0.3 is 10.1 Å². The minimum Gasteiger partial charge on any atom is -0.381 e. The lowest BCUT2D eigenvalue weighted by atomic mass is 10.1. The Balaban J connectivity index is 0.00000133. The van der Waals surface area contributed by atoms with Gasteiger partial charge in [-0.15, -0.1) is 23.7 Å². The van der Waals surface area contributed by atoms with Crippen molar-refractivity contribution in [1.82, 2.24) is 9.61 Å². The highest BCUT2D eigenvalue weighted by molar-refractivity contribution is 7.18. The molecule has 0 aromatic carbocycles. The molecule has 0 bridgehead atoms. The largest absolute Gasteiger partial charge is 0.381 e. The van der Waals surface area contributed by atoms with E-state index in [1.807, 2.05) is 22.0 Å². The molecule has 0 amide bonds. The molecule has 2 aromatic heterocycles. The van der Waals surface area contributed by atoms with E-state index >= 15 is 0 Å². The number of hydrogen-bond donors (Lipinski definition) is 1. The number of aromatic nitrogens is 2. The number of halogens is 1. The van der Waals surface area contributed by atoms with Crippen LogP contribution in [0.25, 0.3) is 4.83 Å². The molecule has 0 spiro atoms. The van der Waals surface area contributed by atoms with Gasteiger partial charge in [0.2, 0.25) is 0 Å². The van der Waals surface area contributed by atoms with Gasteiger partial charge in [0, 0.05) is 30.3 Å². The first-order valence-electron chi connectivity index (χ1n) is 6.67. The van der Waals surface area contributed by atoms with Gasteiger partial charge in [-0.1, -0.05) is 13.3 Å². The minimum absolute atomic E-state index is 0. The first-order chi connectivity index (χ1) is 8.86. The Morgan fingerprint density at radius 1 is 1.47 bits per heavy atom. The highest BCUT2D eigenvalue weighted by Crippen LogP contribution is 2.27. The Morgan fingerprint density at radius 3 is 3.00 bits per heavy atom. The number of ether oxygens (including phenoxy) is 1. The molecule has 0 atom stereocenters. The van der Waals surface area contributed by atoms with E-state index in [-0.39, 0.29) is 12.4 Å². The van der Waals surface area contributed by atoms with Gasteiger partial charge in [0.1, 0.15) is 4.83 Å². The van der Waals surface area contributed by atoms with Crippen molar-refractivity contribution in [2.24, 2.45) is 0 Å². The van der Waals surface area contributed by atoms with Crippen molar-refractivity contribution in [3.63, 3.8) is 0 Å². The lowest BCUT2D eigenvalue weighted by Gasteiger charge is -2.23. The molecule has 4 nitrogen and oxygen atoms in total. The molecule has 0 unspecified atom stereocenters. The molecule has 3 rings (SSSR count). The van der Waals surface area contributed by atoms with Gasteiger partial charge in [0.05, 0.1) is 11.9 Å². The summed E-state index contributed by atoms with van der Waals surface area (Å²) in [6, 6.07) is 0.531. The third kappa shape index (κ3) is 3.22. The molecule has 0 aliphatic carbocycles. The third-order valence-corrected chi connectivity index (χ3v) is 4.49. The van der Waals surface area contributed by atoms with Crippen molar-refractivity contribution in [2.75, 3.05) is 18.5 Å². The van der Waals surface area contributed by atoms with Crippen molar-refractivity contribution in [2.45, 2.75) is 38.6 Å². The van der Waals surface area contributed by atoms with Crippen LogP contribution < -0.4 is 5.32 Å². The average molecular weight is 302 g/mol. The Kier molecular flexibility index (Phi) is 5.07. The normalized spacial score (nSPS) is 16.5. The van der Waals surface area contributed by atoms with E-state index in [9.17, 15) is 0 Å². The molecular weight excluding hydrogens is 282 g/mol. The number of aryl methyl sites for hydroxylation is 1. The molecule has 106 valence electrons. The summed E-state index contributed by atoms with van der Waals surface area (Å²) in [7, 11) is 0. The number of anilines is 1. The summed E-state index contributed by atoms with van der Waals surface area (Å²) in [5.74, 6) is 0. The summed E-state index contributed by atoms with van der Waals surface area (Å²) in [6.07, 6.45) is 8.60. The summed E-state index contributed by atoms with van der Waals surface area (Å²) in [4.78, 5) is 2.65. The van der Waals surface area contributed by atoms with Gasteiger partial charge in [-0.05, 0) is 19.3 Å². The Hall–Kier alpha value is -0.780. The van der Waals surface area contributed by atoms with Gasteiger partial charge >= 0.3 is 0 Å². The lowest BCUT2D eigenvalue weighted by molar-refractivity contribution is 0.0905. The fraction of sp³-hybridized carbons (Fsp3) is 0.615. The van der Waals surface area contributed by atoms with Crippen molar-refractivity contribution >= 4 is 34.3 Å². The van der Waals surface area contributed by atoms with Crippen molar-refractivity contribution < 1.29 is 4.74 Å². The fourth-order valence-corrected chi connectivity index (χ4v) is 3.48. The molecule has 0 saturated carbocycles. The monoisotopic (exact) mass is 301 g/mol. The molecule has 1 saturated heterocycles. The zero-order chi connectivity index (χ0) is 12.4. The predicted molar refractivity (Wildman–Crippen MR) is 81.8 cm³/mol. The van der Waals surface area contributed by atoms with Gasteiger partial charge in [0.15, 0.2) is 0 Å². The zero-order valence-electron chi connectivity index (χ0n) is 11.1. The second-order valence-corrected chi connectivity index (χ2v) is 5.90. The topological polar surface area (TPSA) is 38.6 Å². The Bertz CT molecular complexity index is 519. The minimum atomic E-state index is 0. The van der Waals surface area contributed by atoms with Crippen LogP contribution in [-0.4, -0.2) is 28.9 Å². The van der Waals surface area contributed by atoms with Crippen LogP contribution in [0.1, 0.15) is 31.1 Å². The smallest absolute Gasteiger partial charge is 0.142 e. The second kappa shape index (κ2) is 6.59. The van der Waals surface area contributed by atoms with Gasteiger partial charge in [-0.25, -0.2) is 4.52 Å². The lowest BCUT2D eigenvalue weighted by Crippen LogP contribution is -2.27. The molecule has 0 radical (unpaired) electrons. The number of hydrogen-bond acceptors (Lipinski definition) is 4. The average Bonchev–Trinajstić information content (AvgIpc) is 2.93. The number of nitrogens with zero attached hydrogens (tertiary/aromatic N) is 2. The molecule has 1 N–H and O–H groups in total. The van der Waals surface area contributed by atoms with Crippen LogP contribution in [0.3, 0.4) is 0 Å². The van der Waals surface area contributed by atoms with Gasteiger partial charge in [-0.3, -0.25) is 0 Å². The molecule has 1 aliphatic rings. The van der Waals surface area contributed by atoms with E-state index in [4.69, 9.17) is 4.74 Å². The number of rotatable bonds is 4. The summed E-state index contributed by atoms with van der Waals surface area (Å²) < 4.78 is 7.38. The third-order valence-electron chi connectivity index (χ3n) is 3.32. The predicted octanol–water partition coefficient (Wildman–Crippen LogP) is 3.36. The van der Waals surface area contributed by atoms with E-state index < -0.39 is 0 Å². The molecule has 1 fully saturated rings. The molecule has 3 heterocycles. The van der Waals surface area contributed by atoms with Crippen LogP contribution in [0.15, 0.2) is 12.4 Å². The van der Waals surface area contributed by atoms with Crippen LogP contribution in [0.5, 0.6) is 0 Å². The standard InChI is InChI=1S/C13H19N3OS.ClH/c1-2-3-11-9-16-13(18-11)12(8-14-16)15-10-4-6-17-7-5-10;/h8-10,15H,2-7H2,1H3;1H. The van der Waals surface area contributed by atoms with E-state index in [0.29, 0.717) is 6.04 Å². The number of fused-ring (bicyclic) bond motifs is 1. The maximum Gasteiger partial charge on any atom is 0.142 e. The van der Waals surface area contributed by atoms with Crippen molar-refractivity contribution in [3.05, 3.63) is 17.3 Å². The first kappa shape index (κ1) is 14.6. The van der Waals surface area contributed by atoms with E-state index in [0.717, 1.165) is 32.5 Å². The van der Waals surface area contributed by atoms with Crippen LogP contribution in [0.4, 0.5) is 5.69 Å². The molecule has 1 aliphatic heterocycles. The van der Waals surface area contributed by atoms with Crippen LogP contribution in [0, 0.1) is 0 Å². The first-order valence-corrected chi connectivity index (χ1v) is 7.49. The Labute approximate surface area is 123 Å². The highest BCUT2D eigenvalue weighted by atomic mass is 35.5. The molecule has 19 heavy (non-hydrogen) atoms. The van der Waals surface area contributed by atoms with Crippen LogP contribution in [0.2, 0.25) is 0 Å². The highest BCUT2D eigenvalue weighted by Gasteiger charge is 2.16. The molecule has 6 heteroatoms. The summed E-state index contributed by atoms with van der Waals surface area (Å²) in [5.41, 5.74) is 1.18. The summed E-state index contributed by atoms with van der Waals surface area (Å²) >= 11 is 1.85. The van der Waals surface area contributed by atoms with E-state index in [1.54, 1.807) is 0 Å². The summed E-state index contributed by atoms with van der Waals surface area (Å²) in [6.45, 7) is 3.95. The van der Waals surface area contributed by atoms with Gasteiger partial charge in [0.25, 0.3) is 0 Å². The number of thiazole rings is 1. The fourth-order valence-electron chi connectivity index (χ4n) is 2.35. The van der Waals surface area contributed by atoms with E-state index in [1.165, 1.54) is 21.8 Å². The maximum absolute atomic E-state index is 5.38. The summed E-state index contributed by atoms with van der Waals surface area (Å²) in [5, 5.41) is 8.03. The van der Waals surface area contributed by atoms with Crippen molar-refractivity contribution in [3.8, 4) is 0 Å². The zero-order valence-corrected chi connectivity index (χ0v) is 12.7. The van der Waals surface area contributed by atoms with Crippen molar-refractivity contribution in [1.29, 1.82) is 0 Å². The van der Waals surface area contributed by atoms with Gasteiger partial charge in [-0.2, -0.15) is 5.10 Å². The quantitative estimate of drug-likeness (QED) is 0.941. The SMILES string of the molecule is CCCc1cn2ncc(NC3CCOCC3)c2s1.Cl. The number of nitrogens with one attached hydrogen (secondary N) is 1. The Morgan fingerprint density at radius 2 is 2.26 bits per heavy atom. The van der Waals surface area contributed by atoms with Crippen LogP contribution >= 0.6 is 23.7 Å². The second-order valence-electron chi connectivity index (χ2n) is 4.79. The van der Waals surface area contributed by atoms with Crippen LogP contribution in [-0.2, 0) is 11.2 Å². The van der Waals surface area contributed by atoms with E-state index in [2.05, 4.69) is 23.5 Å². The molecule has 2 aromatic rings. The maximum atomic E-state index is 5.38.